The highest BCUT2D eigenvalue weighted by Gasteiger charge is 2.18. The van der Waals surface area contributed by atoms with E-state index >= 15 is 0 Å². The fourth-order valence-electron chi connectivity index (χ4n) is 1.69. The van der Waals surface area contributed by atoms with Crippen LogP contribution in [0.4, 0.5) is 5.69 Å². The van der Waals surface area contributed by atoms with Crippen molar-refractivity contribution in [2.24, 2.45) is 0 Å². The lowest BCUT2D eigenvalue weighted by atomic mass is 10.3. The Morgan fingerprint density at radius 3 is 2.50 bits per heavy atom. The Morgan fingerprint density at radius 1 is 1.32 bits per heavy atom. The maximum absolute atomic E-state index is 12.3. The average Bonchev–Trinajstić information content (AvgIpc) is 2.90. The number of sulfonamides is 1. The first-order valence-corrected chi connectivity index (χ1v) is 8.65. The highest BCUT2D eigenvalue weighted by Crippen LogP contribution is 2.23. The van der Waals surface area contributed by atoms with Crippen molar-refractivity contribution in [1.29, 1.82) is 5.26 Å². The van der Waals surface area contributed by atoms with Crippen molar-refractivity contribution < 1.29 is 13.2 Å². The Balaban J connectivity index is 2.29. The van der Waals surface area contributed by atoms with Crippen molar-refractivity contribution in [1.82, 2.24) is 0 Å². The van der Waals surface area contributed by atoms with Gasteiger partial charge in [0.15, 0.2) is 4.91 Å². The average molecular weight is 334 g/mol. The number of benzene rings is 1. The van der Waals surface area contributed by atoms with Gasteiger partial charge in [0.1, 0.15) is 11.8 Å². The Hall–Kier alpha value is -2.30. The molecule has 2 rings (SSSR count). The fourth-order valence-corrected chi connectivity index (χ4v) is 3.57. The third-order valence-electron chi connectivity index (χ3n) is 2.91. The number of hydrogen-bond acceptors (Lipinski definition) is 5. The van der Waals surface area contributed by atoms with Crippen molar-refractivity contribution in [2.45, 2.75) is 6.92 Å². The van der Waals surface area contributed by atoms with E-state index in [1.807, 2.05) is 18.4 Å². The molecule has 0 radical (unpaired) electrons. The van der Waals surface area contributed by atoms with Crippen LogP contribution in [-0.2, 0) is 10.0 Å². The van der Waals surface area contributed by atoms with Gasteiger partial charge in [-0.25, -0.2) is 8.42 Å². The van der Waals surface area contributed by atoms with Gasteiger partial charge in [0, 0.05) is 10.6 Å². The summed E-state index contributed by atoms with van der Waals surface area (Å²) in [4.78, 5) is 0.422. The molecule has 1 aromatic heterocycles. The molecule has 0 atom stereocenters. The van der Waals surface area contributed by atoms with E-state index in [9.17, 15) is 8.42 Å². The summed E-state index contributed by atoms with van der Waals surface area (Å²) < 4.78 is 32.0. The Labute approximate surface area is 133 Å². The summed E-state index contributed by atoms with van der Waals surface area (Å²) >= 11 is 1.38. The molecular weight excluding hydrogens is 320 g/mol. The molecule has 0 saturated carbocycles. The van der Waals surface area contributed by atoms with Crippen molar-refractivity contribution in [3.05, 3.63) is 51.1 Å². The van der Waals surface area contributed by atoms with E-state index < -0.39 is 10.0 Å². The van der Waals surface area contributed by atoms with Crippen LogP contribution in [-0.4, -0.2) is 15.5 Å². The predicted octanol–water partition coefficient (Wildman–Crippen LogP) is 3.37. The number of nitrogens with one attached hydrogen (secondary N) is 1. The summed E-state index contributed by atoms with van der Waals surface area (Å²) in [5.41, 5.74) is 1.29. The zero-order chi connectivity index (χ0) is 16.2. The maximum atomic E-state index is 12.3. The second-order valence-corrected chi connectivity index (χ2v) is 7.02. The van der Waals surface area contributed by atoms with Crippen LogP contribution in [0.5, 0.6) is 5.75 Å². The SMILES string of the molecule is COc1ccc(NS(=O)(=O)/C(C#N)=C\c2sccc2C)cc1. The van der Waals surface area contributed by atoms with E-state index in [1.165, 1.54) is 24.5 Å². The van der Waals surface area contributed by atoms with Gasteiger partial charge in [0.2, 0.25) is 0 Å². The third-order valence-corrected chi connectivity index (χ3v) is 5.16. The molecule has 0 aliphatic heterocycles. The molecule has 0 unspecified atom stereocenters. The van der Waals surface area contributed by atoms with E-state index in [1.54, 1.807) is 30.3 Å². The predicted molar refractivity (Wildman–Crippen MR) is 88.2 cm³/mol. The lowest BCUT2D eigenvalue weighted by Crippen LogP contribution is -2.14. The zero-order valence-corrected chi connectivity index (χ0v) is 13.7. The van der Waals surface area contributed by atoms with Gasteiger partial charge < -0.3 is 4.74 Å². The highest BCUT2D eigenvalue weighted by atomic mass is 32.2. The number of nitrogens with zero attached hydrogens (tertiary/aromatic N) is 1. The minimum atomic E-state index is -3.92. The summed E-state index contributed by atoms with van der Waals surface area (Å²) in [6.45, 7) is 1.86. The van der Waals surface area contributed by atoms with Crippen LogP contribution >= 0.6 is 11.3 Å². The van der Waals surface area contributed by atoms with Gasteiger partial charge in [0.05, 0.1) is 7.11 Å². The maximum Gasteiger partial charge on any atom is 0.272 e. The van der Waals surface area contributed by atoms with Crippen molar-refractivity contribution >= 4 is 33.1 Å². The first kappa shape index (κ1) is 16.1. The van der Waals surface area contributed by atoms with Gasteiger partial charge in [-0.1, -0.05) is 0 Å². The summed E-state index contributed by atoms with van der Waals surface area (Å²) in [6.07, 6.45) is 1.38. The van der Waals surface area contributed by atoms with E-state index in [2.05, 4.69) is 4.72 Å². The molecule has 0 spiro atoms. The van der Waals surface area contributed by atoms with Crippen LogP contribution in [0.2, 0.25) is 0 Å². The monoisotopic (exact) mass is 334 g/mol. The summed E-state index contributed by atoms with van der Waals surface area (Å²) in [5.74, 6) is 0.619. The molecule has 114 valence electrons. The molecule has 0 amide bonds. The fraction of sp³-hybridized carbons (Fsp3) is 0.133. The zero-order valence-electron chi connectivity index (χ0n) is 12.0. The molecule has 0 aliphatic rings. The highest BCUT2D eigenvalue weighted by molar-refractivity contribution is 7.97. The molecule has 0 saturated heterocycles. The van der Waals surface area contributed by atoms with Crippen LogP contribution in [0.3, 0.4) is 0 Å². The number of anilines is 1. The smallest absolute Gasteiger partial charge is 0.272 e. The van der Waals surface area contributed by atoms with E-state index in [0.717, 1.165) is 10.4 Å². The topological polar surface area (TPSA) is 79.2 Å². The van der Waals surface area contributed by atoms with Crippen molar-refractivity contribution in [2.75, 3.05) is 11.8 Å². The second-order valence-electron chi connectivity index (χ2n) is 4.42. The Morgan fingerprint density at radius 2 is 2.00 bits per heavy atom. The molecule has 22 heavy (non-hydrogen) atoms. The van der Waals surface area contributed by atoms with Gasteiger partial charge in [-0.05, 0) is 54.3 Å². The van der Waals surface area contributed by atoms with Crippen molar-refractivity contribution in [3.8, 4) is 11.8 Å². The lowest BCUT2D eigenvalue weighted by Gasteiger charge is -2.07. The van der Waals surface area contributed by atoms with Gasteiger partial charge >= 0.3 is 0 Å². The normalized spacial score (nSPS) is 11.8. The number of hydrogen-bond donors (Lipinski definition) is 1. The van der Waals surface area contributed by atoms with Crippen LogP contribution in [0.15, 0.2) is 40.6 Å². The minimum absolute atomic E-state index is 0.325. The number of aryl methyl sites for hydroxylation is 1. The third kappa shape index (κ3) is 3.67. The molecule has 0 fully saturated rings. The number of thiophene rings is 1. The number of allylic oxidation sites excluding steroid dienone is 1. The molecule has 0 aliphatic carbocycles. The summed E-state index contributed by atoms with van der Waals surface area (Å²) in [6, 6.07) is 10.0. The molecule has 7 heteroatoms. The molecule has 1 heterocycles. The Kier molecular flexibility index (Phi) is 4.85. The standard InChI is InChI=1S/C15H14N2O3S2/c1-11-7-8-21-15(11)9-14(10-16)22(18,19)17-12-3-5-13(20-2)6-4-12/h3-9,17H,1-2H3/b14-9-. The van der Waals surface area contributed by atoms with Gasteiger partial charge in [-0.3, -0.25) is 4.72 Å². The number of rotatable bonds is 5. The second kappa shape index (κ2) is 6.64. The van der Waals surface area contributed by atoms with E-state index in [4.69, 9.17) is 10.00 Å². The van der Waals surface area contributed by atoms with E-state index in [-0.39, 0.29) is 4.91 Å². The molecule has 1 aromatic carbocycles. The largest absolute Gasteiger partial charge is 0.497 e. The molecule has 2 aromatic rings. The summed E-state index contributed by atoms with van der Waals surface area (Å²) in [7, 11) is -2.40. The minimum Gasteiger partial charge on any atom is -0.497 e. The summed E-state index contributed by atoms with van der Waals surface area (Å²) in [5, 5.41) is 11.0. The van der Waals surface area contributed by atoms with Crippen molar-refractivity contribution in [3.63, 3.8) is 0 Å². The van der Waals surface area contributed by atoms with Gasteiger partial charge in [-0.15, -0.1) is 11.3 Å². The number of methoxy groups -OCH3 is 1. The first-order valence-electron chi connectivity index (χ1n) is 6.29. The molecule has 1 N–H and O–H groups in total. The molecule has 0 bridgehead atoms. The van der Waals surface area contributed by atoms with Crippen LogP contribution in [0.25, 0.3) is 6.08 Å². The number of nitriles is 1. The van der Waals surface area contributed by atoms with Gasteiger partial charge in [-0.2, -0.15) is 5.26 Å². The Bertz CT molecular complexity index is 828. The molecular formula is C15H14N2O3S2. The lowest BCUT2D eigenvalue weighted by molar-refractivity contribution is 0.415. The van der Waals surface area contributed by atoms with Crippen LogP contribution in [0, 0.1) is 18.3 Å². The van der Waals surface area contributed by atoms with Crippen LogP contribution in [0.1, 0.15) is 10.4 Å². The first-order chi connectivity index (χ1) is 10.5. The van der Waals surface area contributed by atoms with Crippen LogP contribution < -0.4 is 9.46 Å². The molecule has 5 nitrogen and oxygen atoms in total. The van der Waals surface area contributed by atoms with E-state index in [0.29, 0.717) is 11.4 Å². The van der Waals surface area contributed by atoms with Gasteiger partial charge in [0.25, 0.3) is 10.0 Å². The quantitative estimate of drug-likeness (QED) is 0.850. The number of ether oxygens (including phenoxy) is 1.